The topological polar surface area (TPSA) is 93.0 Å². The van der Waals surface area contributed by atoms with Gasteiger partial charge < -0.3 is 9.87 Å². The van der Waals surface area contributed by atoms with Gasteiger partial charge in [-0.2, -0.15) is 18.4 Å². The van der Waals surface area contributed by atoms with Gasteiger partial charge in [0.25, 0.3) is 0 Å². The lowest BCUT2D eigenvalue weighted by Gasteiger charge is -2.43. The number of rotatable bonds is 4. The molecule has 144 valence electrons. The fourth-order valence-electron chi connectivity index (χ4n) is 3.38. The van der Waals surface area contributed by atoms with Gasteiger partial charge in [0.2, 0.25) is 0 Å². The summed E-state index contributed by atoms with van der Waals surface area (Å²) in [5, 5.41) is 11.9. The van der Waals surface area contributed by atoms with Gasteiger partial charge in [0.15, 0.2) is 0 Å². The van der Waals surface area contributed by atoms with Crippen molar-refractivity contribution in [3.8, 4) is 6.07 Å². The summed E-state index contributed by atoms with van der Waals surface area (Å²) in [6, 6.07) is 4.64. The van der Waals surface area contributed by atoms with Crippen LogP contribution in [0.15, 0.2) is 18.2 Å². The third-order valence-electron chi connectivity index (χ3n) is 4.94. The Balaban J connectivity index is 2.26. The van der Waals surface area contributed by atoms with Gasteiger partial charge in [-0.05, 0) is 48.8 Å². The largest absolute Gasteiger partial charge is 0.748 e. The van der Waals surface area contributed by atoms with Crippen LogP contribution in [-0.2, 0) is 16.3 Å². The fourth-order valence-corrected chi connectivity index (χ4v) is 4.26. The molecule has 1 N–H and O–H groups in total. The number of nitrogens with zero attached hydrogens (tertiary/aromatic N) is 1. The average molecular weight is 389 g/mol. The van der Waals surface area contributed by atoms with Crippen molar-refractivity contribution in [2.24, 2.45) is 11.3 Å². The second-order valence-corrected chi connectivity index (χ2v) is 8.87. The van der Waals surface area contributed by atoms with E-state index < -0.39 is 33.2 Å². The summed E-state index contributed by atoms with van der Waals surface area (Å²) in [5.41, 5.74) is -1.55. The smallest absolute Gasteiger partial charge is 0.417 e. The molecule has 0 bridgehead atoms. The standard InChI is InChI=1S/C17H21F3N2O3S/c1-16(2)6-5-11(10-26(23,24)25)7-15(16)22-13-4-3-12(9-21)14(8-13)17(18,19)20/h3-4,8,11,15,22H,5-7,10H2,1-2H3,(H,23,24,25)/p-1. The van der Waals surface area contributed by atoms with Crippen LogP contribution in [-0.4, -0.2) is 24.8 Å². The van der Waals surface area contributed by atoms with Crippen LogP contribution in [0.3, 0.4) is 0 Å². The second kappa shape index (κ2) is 7.08. The highest BCUT2D eigenvalue weighted by Gasteiger charge is 2.38. The maximum atomic E-state index is 13.1. The Morgan fingerprint density at radius 1 is 1.38 bits per heavy atom. The monoisotopic (exact) mass is 389 g/mol. The summed E-state index contributed by atoms with van der Waals surface area (Å²) in [6.45, 7) is 3.89. The molecule has 0 amide bonds. The molecule has 2 rings (SSSR count). The van der Waals surface area contributed by atoms with Gasteiger partial charge in [-0.1, -0.05) is 13.8 Å². The molecule has 0 aliphatic heterocycles. The zero-order valence-corrected chi connectivity index (χ0v) is 15.2. The summed E-state index contributed by atoms with van der Waals surface area (Å²) in [7, 11) is -4.35. The first-order chi connectivity index (χ1) is 11.8. The Hall–Kier alpha value is -1.79. The van der Waals surface area contributed by atoms with E-state index in [0.717, 1.165) is 12.1 Å². The van der Waals surface area contributed by atoms with Crippen molar-refractivity contribution in [2.45, 2.75) is 45.3 Å². The third kappa shape index (κ3) is 5.11. The molecule has 0 radical (unpaired) electrons. The Kier molecular flexibility index (Phi) is 5.59. The van der Waals surface area contributed by atoms with E-state index in [1.165, 1.54) is 12.1 Å². The molecular formula is C17H20F3N2O3S-. The molecule has 9 heteroatoms. The minimum atomic E-state index is -4.65. The van der Waals surface area contributed by atoms with E-state index in [2.05, 4.69) is 5.32 Å². The quantitative estimate of drug-likeness (QED) is 0.792. The number of halogens is 3. The Morgan fingerprint density at radius 2 is 2.04 bits per heavy atom. The highest BCUT2D eigenvalue weighted by atomic mass is 32.2. The van der Waals surface area contributed by atoms with Crippen molar-refractivity contribution in [1.82, 2.24) is 0 Å². The van der Waals surface area contributed by atoms with Gasteiger partial charge in [0.1, 0.15) is 0 Å². The minimum absolute atomic E-state index is 0.208. The predicted molar refractivity (Wildman–Crippen MR) is 89.3 cm³/mol. The van der Waals surface area contributed by atoms with Crippen molar-refractivity contribution in [3.05, 3.63) is 29.3 Å². The van der Waals surface area contributed by atoms with E-state index >= 15 is 0 Å². The van der Waals surface area contributed by atoms with Crippen LogP contribution >= 0.6 is 0 Å². The highest BCUT2D eigenvalue weighted by molar-refractivity contribution is 7.85. The van der Waals surface area contributed by atoms with Gasteiger partial charge in [0, 0.05) is 17.5 Å². The van der Waals surface area contributed by atoms with E-state index in [-0.39, 0.29) is 23.1 Å². The first-order valence-corrected chi connectivity index (χ1v) is 9.71. The van der Waals surface area contributed by atoms with Crippen molar-refractivity contribution in [1.29, 1.82) is 5.26 Å². The summed E-state index contributed by atoms with van der Waals surface area (Å²) < 4.78 is 72.4. The van der Waals surface area contributed by atoms with E-state index in [4.69, 9.17) is 5.26 Å². The number of anilines is 1. The molecule has 1 fully saturated rings. The lowest BCUT2D eigenvalue weighted by molar-refractivity contribution is -0.137. The molecule has 2 atom stereocenters. The first kappa shape index (κ1) is 20.5. The average Bonchev–Trinajstić information content (AvgIpc) is 2.48. The van der Waals surface area contributed by atoms with Crippen LogP contribution in [0.1, 0.15) is 44.2 Å². The van der Waals surface area contributed by atoms with E-state index in [1.54, 1.807) is 0 Å². The summed E-state index contributed by atoms with van der Waals surface area (Å²) in [4.78, 5) is 0. The molecule has 5 nitrogen and oxygen atoms in total. The number of hydrogen-bond donors (Lipinski definition) is 1. The molecule has 26 heavy (non-hydrogen) atoms. The molecule has 0 saturated heterocycles. The third-order valence-corrected chi connectivity index (χ3v) is 5.82. The number of nitrogens with one attached hydrogen (secondary N) is 1. The molecule has 1 aromatic rings. The van der Waals surface area contributed by atoms with Crippen LogP contribution in [0.5, 0.6) is 0 Å². The molecule has 1 aliphatic carbocycles. The zero-order valence-electron chi connectivity index (χ0n) is 14.4. The van der Waals surface area contributed by atoms with Crippen molar-refractivity contribution < 1.29 is 26.1 Å². The number of hydrogen-bond acceptors (Lipinski definition) is 5. The maximum absolute atomic E-state index is 13.1. The summed E-state index contributed by atoms with van der Waals surface area (Å²) in [6.07, 6.45) is -3.05. The van der Waals surface area contributed by atoms with Gasteiger partial charge in [-0.3, -0.25) is 0 Å². The van der Waals surface area contributed by atoms with E-state index in [1.807, 2.05) is 13.8 Å². The Labute approximate surface area is 151 Å². The van der Waals surface area contributed by atoms with Gasteiger partial charge in [0.05, 0.1) is 27.3 Å². The van der Waals surface area contributed by atoms with Crippen LogP contribution in [0.2, 0.25) is 0 Å². The van der Waals surface area contributed by atoms with Crippen molar-refractivity contribution in [2.75, 3.05) is 11.1 Å². The first-order valence-electron chi connectivity index (χ1n) is 8.13. The second-order valence-electron chi connectivity index (χ2n) is 7.42. The highest BCUT2D eigenvalue weighted by Crippen LogP contribution is 2.41. The van der Waals surface area contributed by atoms with Gasteiger partial charge >= 0.3 is 6.18 Å². The minimum Gasteiger partial charge on any atom is -0.748 e. The van der Waals surface area contributed by atoms with E-state index in [9.17, 15) is 26.1 Å². The molecule has 1 aromatic carbocycles. The molecule has 2 unspecified atom stereocenters. The van der Waals surface area contributed by atoms with Crippen LogP contribution < -0.4 is 5.32 Å². The van der Waals surface area contributed by atoms with Gasteiger partial charge in [-0.25, -0.2) is 8.42 Å². The SMILES string of the molecule is CC1(C)CCC(CS(=O)(=O)[O-])CC1Nc1ccc(C#N)c(C(F)(F)F)c1. The Bertz CT molecular complexity index is 814. The lowest BCUT2D eigenvalue weighted by atomic mass is 9.69. The molecule has 1 aliphatic rings. The lowest BCUT2D eigenvalue weighted by Crippen LogP contribution is -2.43. The van der Waals surface area contributed by atoms with Crippen LogP contribution in [0.25, 0.3) is 0 Å². The summed E-state index contributed by atoms with van der Waals surface area (Å²) in [5.74, 6) is -0.800. The number of nitriles is 1. The van der Waals surface area contributed by atoms with Crippen molar-refractivity contribution >= 4 is 15.8 Å². The zero-order chi connectivity index (χ0) is 19.8. The van der Waals surface area contributed by atoms with Crippen molar-refractivity contribution in [3.63, 3.8) is 0 Å². The molecule has 0 heterocycles. The van der Waals surface area contributed by atoms with Gasteiger partial charge in [-0.15, -0.1) is 0 Å². The maximum Gasteiger partial charge on any atom is 0.417 e. The van der Waals surface area contributed by atoms with Crippen LogP contribution in [0, 0.1) is 22.7 Å². The normalized spacial score (nSPS) is 23.3. The fraction of sp³-hybridized carbons (Fsp3) is 0.588. The number of alkyl halides is 3. The van der Waals surface area contributed by atoms with Crippen LogP contribution in [0.4, 0.5) is 18.9 Å². The number of benzene rings is 1. The predicted octanol–water partition coefficient (Wildman–Crippen LogP) is 3.73. The molecule has 0 aromatic heterocycles. The van der Waals surface area contributed by atoms with E-state index in [0.29, 0.717) is 19.3 Å². The molecule has 1 saturated carbocycles. The summed E-state index contributed by atoms with van der Waals surface area (Å²) >= 11 is 0. The Morgan fingerprint density at radius 3 is 2.58 bits per heavy atom. The molecular weight excluding hydrogens is 369 g/mol. The molecule has 0 spiro atoms.